The SMILES string of the molecule is Cn1cc(CC(N)C2(N3CCCC3)CCCC2)cn1. The van der Waals surface area contributed by atoms with Crippen molar-refractivity contribution >= 4 is 0 Å². The summed E-state index contributed by atoms with van der Waals surface area (Å²) in [5, 5.41) is 4.26. The Kier molecular flexibility index (Phi) is 3.63. The number of hydrogen-bond acceptors (Lipinski definition) is 3. The van der Waals surface area contributed by atoms with Crippen LogP contribution in [-0.4, -0.2) is 39.4 Å². The molecule has 1 saturated heterocycles. The van der Waals surface area contributed by atoms with Crippen LogP contribution < -0.4 is 5.73 Å². The maximum absolute atomic E-state index is 6.66. The number of likely N-dealkylation sites (tertiary alicyclic amines) is 1. The summed E-state index contributed by atoms with van der Waals surface area (Å²) < 4.78 is 1.87. The van der Waals surface area contributed by atoms with Crippen molar-refractivity contribution in [2.75, 3.05) is 13.1 Å². The normalized spacial score (nSPS) is 24.9. The third-order valence-electron chi connectivity index (χ3n) is 5.11. The monoisotopic (exact) mass is 262 g/mol. The number of nitrogens with zero attached hydrogens (tertiary/aromatic N) is 3. The fraction of sp³-hybridized carbons (Fsp3) is 0.800. The molecule has 1 atom stereocenters. The summed E-state index contributed by atoms with van der Waals surface area (Å²) in [6.07, 6.45) is 13.0. The van der Waals surface area contributed by atoms with E-state index in [4.69, 9.17) is 5.73 Å². The third kappa shape index (κ3) is 2.43. The maximum atomic E-state index is 6.66. The molecule has 106 valence electrons. The van der Waals surface area contributed by atoms with Gasteiger partial charge in [0, 0.05) is 24.8 Å². The number of rotatable bonds is 4. The van der Waals surface area contributed by atoms with Gasteiger partial charge in [0.15, 0.2) is 0 Å². The van der Waals surface area contributed by atoms with Gasteiger partial charge < -0.3 is 5.73 Å². The molecular formula is C15H26N4. The molecule has 1 saturated carbocycles. The average molecular weight is 262 g/mol. The number of nitrogens with two attached hydrogens (primary N) is 1. The minimum Gasteiger partial charge on any atom is -0.326 e. The van der Waals surface area contributed by atoms with E-state index in [9.17, 15) is 0 Å². The molecule has 4 heteroatoms. The van der Waals surface area contributed by atoms with Crippen LogP contribution >= 0.6 is 0 Å². The topological polar surface area (TPSA) is 47.1 Å². The van der Waals surface area contributed by atoms with Gasteiger partial charge in [0.2, 0.25) is 0 Å². The summed E-state index contributed by atoms with van der Waals surface area (Å²) in [7, 11) is 1.97. The van der Waals surface area contributed by atoms with Gasteiger partial charge in [-0.15, -0.1) is 0 Å². The first kappa shape index (κ1) is 13.1. The van der Waals surface area contributed by atoms with Gasteiger partial charge >= 0.3 is 0 Å². The molecule has 1 aromatic heterocycles. The van der Waals surface area contributed by atoms with Crippen molar-refractivity contribution in [2.45, 2.75) is 56.5 Å². The third-order valence-corrected chi connectivity index (χ3v) is 5.11. The van der Waals surface area contributed by atoms with Crippen LogP contribution in [0, 0.1) is 0 Å². The number of aromatic nitrogens is 2. The predicted molar refractivity (Wildman–Crippen MR) is 76.9 cm³/mol. The zero-order valence-corrected chi connectivity index (χ0v) is 12.0. The van der Waals surface area contributed by atoms with Crippen LogP contribution in [0.4, 0.5) is 0 Å². The van der Waals surface area contributed by atoms with Crippen molar-refractivity contribution in [3.63, 3.8) is 0 Å². The van der Waals surface area contributed by atoms with Crippen molar-refractivity contribution in [3.05, 3.63) is 18.0 Å². The van der Waals surface area contributed by atoms with Crippen molar-refractivity contribution in [2.24, 2.45) is 12.8 Å². The molecule has 2 fully saturated rings. The summed E-state index contributed by atoms with van der Waals surface area (Å²) in [5.74, 6) is 0. The highest BCUT2D eigenvalue weighted by Crippen LogP contribution is 2.40. The van der Waals surface area contributed by atoms with Crippen LogP contribution in [-0.2, 0) is 13.5 Å². The maximum Gasteiger partial charge on any atom is 0.0522 e. The smallest absolute Gasteiger partial charge is 0.0522 e. The van der Waals surface area contributed by atoms with E-state index < -0.39 is 0 Å². The largest absolute Gasteiger partial charge is 0.326 e. The summed E-state index contributed by atoms with van der Waals surface area (Å²) in [4.78, 5) is 2.70. The van der Waals surface area contributed by atoms with Crippen LogP contribution in [0.15, 0.2) is 12.4 Å². The first-order chi connectivity index (χ1) is 9.21. The molecule has 0 bridgehead atoms. The van der Waals surface area contributed by atoms with E-state index in [0.29, 0.717) is 0 Å². The van der Waals surface area contributed by atoms with E-state index in [0.717, 1.165) is 6.42 Å². The van der Waals surface area contributed by atoms with Gasteiger partial charge in [-0.3, -0.25) is 9.58 Å². The van der Waals surface area contributed by atoms with E-state index >= 15 is 0 Å². The summed E-state index contributed by atoms with van der Waals surface area (Å²) >= 11 is 0. The molecule has 1 aliphatic heterocycles. The van der Waals surface area contributed by atoms with Gasteiger partial charge in [-0.2, -0.15) is 5.10 Å². The Bertz CT molecular complexity index is 414. The molecule has 2 N–H and O–H groups in total. The van der Waals surface area contributed by atoms with E-state index in [-0.39, 0.29) is 11.6 Å². The first-order valence-electron chi connectivity index (χ1n) is 7.69. The zero-order valence-electron chi connectivity index (χ0n) is 12.0. The standard InChI is InChI=1S/C15H26N4/c1-18-12-13(11-17-18)10-14(16)15(6-2-3-7-15)19-8-4-5-9-19/h11-12,14H,2-10,16H2,1H3. The van der Waals surface area contributed by atoms with Crippen molar-refractivity contribution in [3.8, 4) is 0 Å². The Morgan fingerprint density at radius 2 is 1.95 bits per heavy atom. The lowest BCUT2D eigenvalue weighted by atomic mass is 9.83. The molecule has 1 aliphatic carbocycles. The lowest BCUT2D eigenvalue weighted by molar-refractivity contribution is 0.0921. The van der Waals surface area contributed by atoms with Gasteiger partial charge in [0.25, 0.3) is 0 Å². The van der Waals surface area contributed by atoms with Crippen LogP contribution in [0.5, 0.6) is 0 Å². The van der Waals surface area contributed by atoms with Gasteiger partial charge in [-0.05, 0) is 50.8 Å². The summed E-state index contributed by atoms with van der Waals surface area (Å²) in [5.41, 5.74) is 8.20. The highest BCUT2D eigenvalue weighted by atomic mass is 15.2. The Morgan fingerprint density at radius 3 is 2.53 bits per heavy atom. The molecule has 4 nitrogen and oxygen atoms in total. The second-order valence-electron chi connectivity index (χ2n) is 6.34. The van der Waals surface area contributed by atoms with Gasteiger partial charge in [0.1, 0.15) is 0 Å². The van der Waals surface area contributed by atoms with Crippen LogP contribution in [0.2, 0.25) is 0 Å². The Morgan fingerprint density at radius 1 is 1.26 bits per heavy atom. The van der Waals surface area contributed by atoms with E-state index in [1.807, 2.05) is 17.9 Å². The quantitative estimate of drug-likeness (QED) is 0.898. The number of hydrogen-bond donors (Lipinski definition) is 1. The Labute approximate surface area is 116 Å². The van der Waals surface area contributed by atoms with Gasteiger partial charge in [0.05, 0.1) is 6.20 Å². The fourth-order valence-corrected chi connectivity index (χ4v) is 4.09. The average Bonchev–Trinajstić information content (AvgIpc) is 3.09. The van der Waals surface area contributed by atoms with Crippen molar-refractivity contribution < 1.29 is 0 Å². The van der Waals surface area contributed by atoms with Crippen LogP contribution in [0.3, 0.4) is 0 Å². The van der Waals surface area contributed by atoms with E-state index in [1.54, 1.807) is 0 Å². The second-order valence-corrected chi connectivity index (χ2v) is 6.34. The lowest BCUT2D eigenvalue weighted by Gasteiger charge is -2.43. The second kappa shape index (κ2) is 5.25. The molecule has 2 heterocycles. The van der Waals surface area contributed by atoms with Crippen molar-refractivity contribution in [1.82, 2.24) is 14.7 Å². The molecule has 0 spiro atoms. The minimum atomic E-state index is 0.248. The molecule has 1 aromatic rings. The molecule has 1 unspecified atom stereocenters. The van der Waals surface area contributed by atoms with Crippen LogP contribution in [0.1, 0.15) is 44.1 Å². The highest BCUT2D eigenvalue weighted by molar-refractivity contribution is 5.12. The van der Waals surface area contributed by atoms with Crippen LogP contribution in [0.25, 0.3) is 0 Å². The molecule has 19 heavy (non-hydrogen) atoms. The molecule has 2 aliphatic rings. The summed E-state index contributed by atoms with van der Waals surface area (Å²) in [6.45, 7) is 2.50. The Balaban J connectivity index is 1.75. The lowest BCUT2D eigenvalue weighted by Crippen LogP contribution is -2.58. The van der Waals surface area contributed by atoms with Crippen molar-refractivity contribution in [1.29, 1.82) is 0 Å². The van der Waals surface area contributed by atoms with E-state index in [1.165, 1.54) is 57.2 Å². The Hall–Kier alpha value is -0.870. The molecule has 0 radical (unpaired) electrons. The fourth-order valence-electron chi connectivity index (χ4n) is 4.09. The summed E-state index contributed by atoms with van der Waals surface area (Å²) in [6, 6.07) is 0.248. The predicted octanol–water partition coefficient (Wildman–Crippen LogP) is 1.70. The number of aryl methyl sites for hydroxylation is 1. The van der Waals surface area contributed by atoms with E-state index in [2.05, 4.69) is 16.2 Å². The molecular weight excluding hydrogens is 236 g/mol. The van der Waals surface area contributed by atoms with Gasteiger partial charge in [-0.25, -0.2) is 0 Å². The molecule has 3 rings (SSSR count). The molecule has 0 amide bonds. The molecule has 0 aromatic carbocycles. The highest BCUT2D eigenvalue weighted by Gasteiger charge is 2.44. The van der Waals surface area contributed by atoms with Gasteiger partial charge in [-0.1, -0.05) is 12.8 Å². The zero-order chi connectivity index (χ0) is 13.3. The minimum absolute atomic E-state index is 0.248. The first-order valence-corrected chi connectivity index (χ1v) is 7.69.